The van der Waals surface area contributed by atoms with E-state index in [9.17, 15) is 14.9 Å². The number of furan rings is 1. The van der Waals surface area contributed by atoms with Gasteiger partial charge in [0, 0.05) is 28.5 Å². The Balaban J connectivity index is 1.51. The number of thioether (sulfide) groups is 1. The third-order valence-corrected chi connectivity index (χ3v) is 6.48. The van der Waals surface area contributed by atoms with Gasteiger partial charge in [0.05, 0.1) is 6.07 Å². The summed E-state index contributed by atoms with van der Waals surface area (Å²) in [7, 11) is 0. The Kier molecular flexibility index (Phi) is 5.03. The molecule has 31 heavy (non-hydrogen) atoms. The van der Waals surface area contributed by atoms with Crippen LogP contribution in [0.15, 0.2) is 57.2 Å². The number of halogens is 1. The first-order chi connectivity index (χ1) is 15.0. The summed E-state index contributed by atoms with van der Waals surface area (Å²) < 4.78 is 7.04. The fourth-order valence-electron chi connectivity index (χ4n) is 3.81. The zero-order chi connectivity index (χ0) is 21.5. The van der Waals surface area contributed by atoms with Crippen LogP contribution in [0.25, 0.3) is 0 Å². The first-order valence-electron chi connectivity index (χ1n) is 9.61. The third-order valence-electron chi connectivity index (χ3n) is 5.23. The Morgan fingerprint density at radius 2 is 2.13 bits per heavy atom. The van der Waals surface area contributed by atoms with Gasteiger partial charge in [0.1, 0.15) is 16.7 Å². The number of Topliss-reactive ketones (excluding diaryl/α,β-unsaturated/α-hetero) is 1. The predicted molar refractivity (Wildman–Crippen MR) is 114 cm³/mol. The van der Waals surface area contributed by atoms with Crippen LogP contribution in [0.1, 0.15) is 36.6 Å². The first kappa shape index (κ1) is 19.8. The zero-order valence-electron chi connectivity index (χ0n) is 16.1. The van der Waals surface area contributed by atoms with Gasteiger partial charge in [-0.25, -0.2) is 4.68 Å². The van der Waals surface area contributed by atoms with Gasteiger partial charge in [-0.3, -0.25) is 14.9 Å². The van der Waals surface area contributed by atoms with Gasteiger partial charge < -0.3 is 9.73 Å². The van der Waals surface area contributed by atoms with Crippen molar-refractivity contribution in [3.05, 3.63) is 74.1 Å². The topological polar surface area (TPSA) is 116 Å². The van der Waals surface area contributed by atoms with E-state index in [2.05, 4.69) is 15.4 Å². The molecule has 2 aliphatic rings. The second-order valence-corrected chi connectivity index (χ2v) is 8.52. The van der Waals surface area contributed by atoms with E-state index in [0.717, 1.165) is 17.7 Å². The Morgan fingerprint density at radius 1 is 1.29 bits per heavy atom. The standard InChI is InChI=1S/C20H16ClN5O4S/c21-12-5-2-1-4-11(12)10-31-20-23-19-22-13-6-3-7-14(27)17(13)18(25(19)24-20)15-8-9-16(30-15)26(28)29/h1-2,4-5,8-9,18H,3,6-7,10H2,(H,22,23,24). The molecule has 1 aromatic carbocycles. The lowest BCUT2D eigenvalue weighted by molar-refractivity contribution is -0.402. The van der Waals surface area contributed by atoms with E-state index in [-0.39, 0.29) is 17.4 Å². The first-order valence-corrected chi connectivity index (χ1v) is 11.0. The van der Waals surface area contributed by atoms with Gasteiger partial charge in [-0.1, -0.05) is 41.6 Å². The van der Waals surface area contributed by atoms with Gasteiger partial charge in [0.25, 0.3) is 0 Å². The summed E-state index contributed by atoms with van der Waals surface area (Å²) in [4.78, 5) is 27.8. The average Bonchev–Trinajstić information content (AvgIpc) is 3.39. The molecule has 1 aliphatic carbocycles. The number of carbonyl (C=O) groups is 1. The van der Waals surface area contributed by atoms with Gasteiger partial charge >= 0.3 is 5.88 Å². The Bertz CT molecular complexity index is 1230. The molecular weight excluding hydrogens is 442 g/mol. The smallest absolute Gasteiger partial charge is 0.403 e. The zero-order valence-corrected chi connectivity index (χ0v) is 17.7. The molecule has 0 amide bonds. The van der Waals surface area contributed by atoms with Crippen LogP contribution in [0.5, 0.6) is 0 Å². The lowest BCUT2D eigenvalue weighted by Crippen LogP contribution is -2.31. The van der Waals surface area contributed by atoms with Crippen LogP contribution in [-0.2, 0) is 10.5 Å². The highest BCUT2D eigenvalue weighted by atomic mass is 35.5. The number of benzene rings is 1. The van der Waals surface area contributed by atoms with Crippen molar-refractivity contribution in [1.29, 1.82) is 0 Å². The van der Waals surface area contributed by atoms with E-state index < -0.39 is 11.0 Å². The minimum atomic E-state index is -0.699. The Hall–Kier alpha value is -3.11. The number of ketones is 1. The summed E-state index contributed by atoms with van der Waals surface area (Å²) >= 11 is 7.65. The second-order valence-electron chi connectivity index (χ2n) is 7.17. The second kappa shape index (κ2) is 7.86. The summed E-state index contributed by atoms with van der Waals surface area (Å²) in [6.45, 7) is 0. The monoisotopic (exact) mass is 457 g/mol. The quantitative estimate of drug-likeness (QED) is 0.331. The van der Waals surface area contributed by atoms with Gasteiger partial charge in [0.2, 0.25) is 11.1 Å². The molecule has 1 atom stereocenters. The van der Waals surface area contributed by atoms with E-state index in [1.807, 2.05) is 24.3 Å². The van der Waals surface area contributed by atoms with Crippen molar-refractivity contribution in [1.82, 2.24) is 14.8 Å². The molecule has 5 rings (SSSR count). The maximum absolute atomic E-state index is 12.8. The molecule has 0 saturated carbocycles. The van der Waals surface area contributed by atoms with Crippen LogP contribution in [0.4, 0.5) is 11.8 Å². The fourth-order valence-corrected chi connectivity index (χ4v) is 4.92. The number of allylic oxidation sites excluding steroid dienone is 2. The van der Waals surface area contributed by atoms with E-state index in [1.165, 1.54) is 23.9 Å². The minimum absolute atomic E-state index is 0.0239. The van der Waals surface area contributed by atoms with E-state index in [1.54, 1.807) is 4.68 Å². The largest absolute Gasteiger partial charge is 0.433 e. The molecule has 0 radical (unpaired) electrons. The van der Waals surface area contributed by atoms with Crippen molar-refractivity contribution in [2.24, 2.45) is 0 Å². The van der Waals surface area contributed by atoms with Gasteiger partial charge in [0.15, 0.2) is 5.78 Å². The van der Waals surface area contributed by atoms with Crippen LogP contribution in [0.3, 0.4) is 0 Å². The lowest BCUT2D eigenvalue weighted by Gasteiger charge is -2.30. The Labute approximate surface area is 185 Å². The summed E-state index contributed by atoms with van der Waals surface area (Å²) in [5, 5.41) is 20.1. The van der Waals surface area contributed by atoms with Gasteiger partial charge in [-0.2, -0.15) is 4.98 Å². The molecule has 1 aliphatic heterocycles. The maximum atomic E-state index is 12.8. The molecule has 0 spiro atoms. The maximum Gasteiger partial charge on any atom is 0.433 e. The number of aromatic nitrogens is 3. The lowest BCUT2D eigenvalue weighted by atomic mass is 9.88. The predicted octanol–water partition coefficient (Wildman–Crippen LogP) is 4.75. The van der Waals surface area contributed by atoms with Crippen LogP contribution in [0.2, 0.25) is 5.02 Å². The van der Waals surface area contributed by atoms with E-state index in [4.69, 9.17) is 16.0 Å². The molecule has 3 aromatic rings. The van der Waals surface area contributed by atoms with Crippen molar-refractivity contribution < 1.29 is 14.1 Å². The third kappa shape index (κ3) is 3.61. The van der Waals surface area contributed by atoms with Crippen molar-refractivity contribution >= 4 is 41.0 Å². The van der Waals surface area contributed by atoms with Gasteiger partial charge in [-0.05, 0) is 30.5 Å². The molecule has 1 unspecified atom stereocenters. The average molecular weight is 458 g/mol. The normalized spacial score (nSPS) is 17.8. The van der Waals surface area contributed by atoms with Crippen LogP contribution >= 0.6 is 23.4 Å². The van der Waals surface area contributed by atoms with Crippen LogP contribution in [0, 0.1) is 10.1 Å². The number of nitro groups is 1. The van der Waals surface area contributed by atoms with Crippen molar-refractivity contribution in [3.8, 4) is 0 Å². The number of hydrogen-bond acceptors (Lipinski definition) is 8. The number of nitrogens with zero attached hydrogens (tertiary/aromatic N) is 4. The Morgan fingerprint density at radius 3 is 2.90 bits per heavy atom. The highest BCUT2D eigenvalue weighted by Gasteiger charge is 2.39. The highest BCUT2D eigenvalue weighted by molar-refractivity contribution is 7.98. The molecule has 1 N–H and O–H groups in total. The highest BCUT2D eigenvalue weighted by Crippen LogP contribution is 2.41. The number of rotatable bonds is 5. The number of fused-ring (bicyclic) bond motifs is 1. The number of carbonyl (C=O) groups excluding carboxylic acids is 1. The molecule has 0 bridgehead atoms. The van der Waals surface area contributed by atoms with Crippen LogP contribution in [-0.4, -0.2) is 25.5 Å². The molecular formula is C20H16ClN5O4S. The van der Waals surface area contributed by atoms with E-state index in [0.29, 0.717) is 40.3 Å². The van der Waals surface area contributed by atoms with Crippen LogP contribution < -0.4 is 5.32 Å². The molecule has 0 saturated heterocycles. The SMILES string of the molecule is O=C1CCCC2=C1C(c1ccc([N+](=O)[O-])o1)n1nc(SCc3ccccc3Cl)nc1N2. The van der Waals surface area contributed by atoms with E-state index >= 15 is 0 Å². The van der Waals surface area contributed by atoms with Crippen molar-refractivity contribution in [2.75, 3.05) is 5.32 Å². The summed E-state index contributed by atoms with van der Waals surface area (Å²) in [6.07, 6.45) is 1.84. The summed E-state index contributed by atoms with van der Waals surface area (Å²) in [5.74, 6) is 0.925. The molecule has 0 fully saturated rings. The summed E-state index contributed by atoms with van der Waals surface area (Å²) in [5.41, 5.74) is 2.25. The summed E-state index contributed by atoms with van der Waals surface area (Å²) in [6, 6.07) is 9.65. The molecule has 9 nitrogen and oxygen atoms in total. The van der Waals surface area contributed by atoms with Gasteiger partial charge in [-0.15, -0.1) is 5.10 Å². The van der Waals surface area contributed by atoms with Crippen molar-refractivity contribution in [3.63, 3.8) is 0 Å². The minimum Gasteiger partial charge on any atom is -0.403 e. The fraction of sp³-hybridized carbons (Fsp3) is 0.250. The number of nitrogens with one attached hydrogen (secondary N) is 1. The number of anilines is 1. The molecule has 11 heteroatoms. The van der Waals surface area contributed by atoms with Crippen molar-refractivity contribution in [2.45, 2.75) is 36.2 Å². The molecule has 158 valence electrons. The molecule has 3 heterocycles. The number of hydrogen-bond donors (Lipinski definition) is 1. The molecule has 2 aromatic heterocycles.